The van der Waals surface area contributed by atoms with Gasteiger partial charge in [-0.1, -0.05) is 37.6 Å². The second-order valence-corrected chi connectivity index (χ2v) is 5.86. The second kappa shape index (κ2) is 7.41. The van der Waals surface area contributed by atoms with E-state index in [1.165, 1.54) is 37.8 Å². The molecule has 1 aromatic carbocycles. The van der Waals surface area contributed by atoms with Gasteiger partial charge >= 0.3 is 0 Å². The molecule has 3 heteroatoms. The predicted octanol–water partition coefficient (Wildman–Crippen LogP) is 4.81. The number of piperidine rings is 1. The lowest BCUT2D eigenvalue weighted by molar-refractivity contribution is 0.146. The van der Waals surface area contributed by atoms with Crippen molar-refractivity contribution >= 4 is 0 Å². The highest BCUT2D eigenvalue weighted by molar-refractivity contribution is 5.34. The number of aromatic nitrogens is 1. The zero-order chi connectivity index (χ0) is 15.2. The first-order valence-corrected chi connectivity index (χ1v) is 8.30. The molecule has 1 fully saturated rings. The Bertz CT molecular complexity index is 583. The summed E-state index contributed by atoms with van der Waals surface area (Å²) >= 11 is 0. The number of ether oxygens (including phenoxy) is 1. The Hall–Kier alpha value is -1.87. The van der Waals surface area contributed by atoms with Crippen LogP contribution >= 0.6 is 0 Å². The highest BCUT2D eigenvalue weighted by Gasteiger charge is 2.26. The number of hydrogen-bond donors (Lipinski definition) is 0. The molecule has 0 bridgehead atoms. The lowest BCUT2D eigenvalue weighted by Crippen LogP contribution is -2.34. The first-order chi connectivity index (χ1) is 10.9. The minimum Gasteiger partial charge on any atom is -0.439 e. The van der Waals surface area contributed by atoms with Crippen molar-refractivity contribution in [3.05, 3.63) is 54.2 Å². The fourth-order valence-electron chi connectivity index (χ4n) is 3.24. The number of likely N-dealkylation sites (tertiary alicyclic amines) is 1. The van der Waals surface area contributed by atoms with E-state index < -0.39 is 0 Å². The normalized spacial score (nSPS) is 19.0. The van der Waals surface area contributed by atoms with Gasteiger partial charge in [-0.25, -0.2) is 4.98 Å². The molecule has 0 radical (unpaired) electrons. The van der Waals surface area contributed by atoms with Crippen LogP contribution in [0.4, 0.5) is 0 Å². The van der Waals surface area contributed by atoms with Crippen LogP contribution in [0.1, 0.15) is 44.2 Å². The Morgan fingerprint density at radius 3 is 2.82 bits per heavy atom. The van der Waals surface area contributed by atoms with Gasteiger partial charge in [0.15, 0.2) is 0 Å². The third-order valence-corrected chi connectivity index (χ3v) is 4.24. The van der Waals surface area contributed by atoms with Crippen molar-refractivity contribution in [3.8, 4) is 11.6 Å². The third-order valence-electron chi connectivity index (χ3n) is 4.24. The molecule has 2 aromatic rings. The predicted molar refractivity (Wildman–Crippen MR) is 89.2 cm³/mol. The van der Waals surface area contributed by atoms with E-state index in [1.54, 1.807) is 0 Å². The largest absolute Gasteiger partial charge is 0.439 e. The first kappa shape index (κ1) is 15.0. The van der Waals surface area contributed by atoms with Crippen LogP contribution in [0.25, 0.3) is 0 Å². The Morgan fingerprint density at radius 2 is 2.00 bits per heavy atom. The maximum Gasteiger partial charge on any atom is 0.223 e. The lowest BCUT2D eigenvalue weighted by Gasteiger charge is -2.36. The van der Waals surface area contributed by atoms with Gasteiger partial charge in [-0.3, -0.25) is 4.90 Å². The molecule has 0 amide bonds. The van der Waals surface area contributed by atoms with Crippen molar-refractivity contribution in [1.29, 1.82) is 0 Å². The summed E-state index contributed by atoms with van der Waals surface area (Å²) < 4.78 is 6.05. The minimum atomic E-state index is 0.432. The number of nitrogens with zero attached hydrogens (tertiary/aromatic N) is 2. The SMILES string of the molecule is CCCN1CCCC[C@H]1c1cccnc1Oc1ccccc1. The molecular weight excluding hydrogens is 272 g/mol. The van der Waals surface area contributed by atoms with Gasteiger partial charge in [0.25, 0.3) is 0 Å². The average molecular weight is 296 g/mol. The number of hydrogen-bond acceptors (Lipinski definition) is 3. The molecule has 3 rings (SSSR count). The number of pyridine rings is 1. The molecule has 116 valence electrons. The standard InChI is InChI=1S/C19H24N2O/c1-2-14-21-15-7-6-12-18(21)17-11-8-13-20-19(17)22-16-9-4-3-5-10-16/h3-5,8-11,13,18H,2,6-7,12,14-15H2,1H3/t18-/m0/s1. The maximum absolute atomic E-state index is 6.05. The van der Waals surface area contributed by atoms with Crippen LogP contribution < -0.4 is 4.74 Å². The molecule has 1 aromatic heterocycles. The average Bonchev–Trinajstić information content (AvgIpc) is 2.57. The Kier molecular flexibility index (Phi) is 5.07. The quantitative estimate of drug-likeness (QED) is 0.791. The monoisotopic (exact) mass is 296 g/mol. The third kappa shape index (κ3) is 3.47. The fraction of sp³-hybridized carbons (Fsp3) is 0.421. The summed E-state index contributed by atoms with van der Waals surface area (Å²) in [6, 6.07) is 14.5. The molecule has 1 aliphatic heterocycles. The minimum absolute atomic E-state index is 0.432. The van der Waals surface area contributed by atoms with Gasteiger partial charge in [-0.2, -0.15) is 0 Å². The summed E-state index contributed by atoms with van der Waals surface area (Å²) in [4.78, 5) is 7.08. The molecular formula is C19H24N2O. The number of benzene rings is 1. The zero-order valence-electron chi connectivity index (χ0n) is 13.2. The molecule has 22 heavy (non-hydrogen) atoms. The van der Waals surface area contributed by atoms with Crippen molar-refractivity contribution in [2.75, 3.05) is 13.1 Å². The molecule has 0 spiro atoms. The van der Waals surface area contributed by atoms with Crippen LogP contribution in [-0.2, 0) is 0 Å². The molecule has 2 heterocycles. The van der Waals surface area contributed by atoms with Crippen LogP contribution in [0.5, 0.6) is 11.6 Å². The van der Waals surface area contributed by atoms with Gasteiger partial charge in [-0.05, 0) is 50.6 Å². The van der Waals surface area contributed by atoms with Crippen LogP contribution in [-0.4, -0.2) is 23.0 Å². The highest BCUT2D eigenvalue weighted by Crippen LogP contribution is 2.36. The molecule has 0 aliphatic carbocycles. The lowest BCUT2D eigenvalue weighted by atomic mass is 9.95. The first-order valence-electron chi connectivity index (χ1n) is 8.30. The van der Waals surface area contributed by atoms with Gasteiger partial charge in [0.2, 0.25) is 5.88 Å². The van der Waals surface area contributed by atoms with Gasteiger partial charge < -0.3 is 4.74 Å². The van der Waals surface area contributed by atoms with Crippen LogP contribution in [0.15, 0.2) is 48.7 Å². The maximum atomic E-state index is 6.05. The van der Waals surface area contributed by atoms with Crippen molar-refractivity contribution < 1.29 is 4.74 Å². The molecule has 1 aliphatic rings. The van der Waals surface area contributed by atoms with Crippen molar-refractivity contribution in [1.82, 2.24) is 9.88 Å². The second-order valence-electron chi connectivity index (χ2n) is 5.86. The van der Waals surface area contributed by atoms with Gasteiger partial charge in [0.05, 0.1) is 0 Å². The molecule has 1 saturated heterocycles. The van der Waals surface area contributed by atoms with Crippen molar-refractivity contribution in [2.24, 2.45) is 0 Å². The molecule has 1 atom stereocenters. The van der Waals surface area contributed by atoms with E-state index in [4.69, 9.17) is 4.74 Å². The fourth-order valence-corrected chi connectivity index (χ4v) is 3.24. The summed E-state index contributed by atoms with van der Waals surface area (Å²) in [5.74, 6) is 1.60. The van der Waals surface area contributed by atoms with Crippen molar-refractivity contribution in [3.63, 3.8) is 0 Å². The summed E-state index contributed by atoms with van der Waals surface area (Å²) in [6.07, 6.45) is 6.77. The summed E-state index contributed by atoms with van der Waals surface area (Å²) in [5, 5.41) is 0. The van der Waals surface area contributed by atoms with Crippen LogP contribution in [0, 0.1) is 0 Å². The molecule has 3 nitrogen and oxygen atoms in total. The highest BCUT2D eigenvalue weighted by atomic mass is 16.5. The van der Waals surface area contributed by atoms with Gasteiger partial charge in [0.1, 0.15) is 5.75 Å². The zero-order valence-corrected chi connectivity index (χ0v) is 13.2. The Balaban J connectivity index is 1.86. The van der Waals surface area contributed by atoms with E-state index in [9.17, 15) is 0 Å². The number of para-hydroxylation sites is 1. The van der Waals surface area contributed by atoms with Gasteiger partial charge in [0, 0.05) is 17.8 Å². The summed E-state index contributed by atoms with van der Waals surface area (Å²) in [7, 11) is 0. The molecule has 0 saturated carbocycles. The summed E-state index contributed by atoms with van der Waals surface area (Å²) in [6.45, 7) is 4.57. The van der Waals surface area contributed by atoms with E-state index in [-0.39, 0.29) is 0 Å². The van der Waals surface area contributed by atoms with Gasteiger partial charge in [-0.15, -0.1) is 0 Å². The summed E-state index contributed by atoms with van der Waals surface area (Å²) in [5.41, 5.74) is 1.22. The van der Waals surface area contributed by atoms with E-state index in [0.29, 0.717) is 6.04 Å². The van der Waals surface area contributed by atoms with E-state index in [0.717, 1.165) is 18.2 Å². The topological polar surface area (TPSA) is 25.4 Å². The van der Waals surface area contributed by atoms with E-state index in [2.05, 4.69) is 22.9 Å². The Morgan fingerprint density at radius 1 is 1.14 bits per heavy atom. The van der Waals surface area contributed by atoms with Crippen LogP contribution in [0.2, 0.25) is 0 Å². The molecule has 0 unspecified atom stereocenters. The van der Waals surface area contributed by atoms with E-state index >= 15 is 0 Å². The van der Waals surface area contributed by atoms with Crippen molar-refractivity contribution in [2.45, 2.75) is 38.6 Å². The van der Waals surface area contributed by atoms with E-state index in [1.807, 2.05) is 42.6 Å². The van der Waals surface area contributed by atoms with Crippen LogP contribution in [0.3, 0.4) is 0 Å². The molecule has 0 N–H and O–H groups in total. The Labute approximate surface area is 132 Å². The number of rotatable bonds is 5. The smallest absolute Gasteiger partial charge is 0.223 e.